The number of thiophene rings is 1. The number of hydrogen-bond donors (Lipinski definition) is 8. The van der Waals surface area contributed by atoms with Crippen molar-refractivity contribution in [3.8, 4) is 57.3 Å². The van der Waals surface area contributed by atoms with Gasteiger partial charge in [-0.3, -0.25) is 14.4 Å². The lowest BCUT2D eigenvalue weighted by molar-refractivity contribution is -0.137. The third kappa shape index (κ3) is 23.2. The molecule has 8 N–H and O–H groups in total. The molecule has 0 spiro atoms. The Bertz CT molecular complexity index is 5720. The second kappa shape index (κ2) is 40.2. The molecule has 0 unspecified atom stereocenters. The number of benzene rings is 5. The third-order valence-corrected chi connectivity index (χ3v) is 19.8. The third-order valence-electron chi connectivity index (χ3n) is 18.9. The first-order chi connectivity index (χ1) is 56.2. The molecule has 117 heavy (non-hydrogen) atoms. The van der Waals surface area contributed by atoms with Crippen LogP contribution in [0, 0.1) is 67.2 Å². The number of hydrogen-bond acceptors (Lipinski definition) is 20. The Balaban J connectivity index is 0.000000165. The van der Waals surface area contributed by atoms with Crippen molar-refractivity contribution >= 4 is 81.2 Å². The van der Waals surface area contributed by atoms with Gasteiger partial charge >= 0.3 is 23.9 Å². The van der Waals surface area contributed by atoms with E-state index in [1.54, 1.807) is 59.9 Å². The maximum absolute atomic E-state index is 11.1. The minimum atomic E-state index is -0.960. The summed E-state index contributed by atoms with van der Waals surface area (Å²) in [6.07, 6.45) is 8.06. The summed E-state index contributed by atoms with van der Waals surface area (Å²) in [7, 11) is 0. The molecular weight excluding hydrogens is 1490 g/mol. The maximum atomic E-state index is 11.1. The van der Waals surface area contributed by atoms with Crippen LogP contribution in [0.15, 0.2) is 196 Å². The van der Waals surface area contributed by atoms with E-state index in [4.69, 9.17) is 63.6 Å². The number of nitrogens with one attached hydrogen (secondary N) is 4. The number of aryl methyl sites for hydroxylation is 10. The molecule has 0 saturated carbocycles. The monoisotopic (exact) mass is 1590 g/mol. The van der Waals surface area contributed by atoms with Crippen LogP contribution in [-0.4, -0.2) is 84.2 Å². The maximum Gasteiger partial charge on any atom is 0.335 e. The zero-order valence-electron chi connectivity index (χ0n) is 67.6. The molecule has 8 heterocycles. The first-order valence-electron chi connectivity index (χ1n) is 38.2. The van der Waals surface area contributed by atoms with Crippen LogP contribution in [0.4, 0.5) is 46.0 Å². The highest BCUT2D eigenvalue weighted by atomic mass is 32.1. The average Bonchev–Trinajstić information content (AvgIpc) is 1.79. The largest absolute Gasteiger partial charge is 0.481 e. The van der Waals surface area contributed by atoms with Gasteiger partial charge in [0.1, 0.15) is 40.6 Å². The summed E-state index contributed by atoms with van der Waals surface area (Å²) < 4.78 is 17.4. The number of aliphatic carboxylic acids is 3. The van der Waals surface area contributed by atoms with Gasteiger partial charge in [0.2, 0.25) is 0 Å². The Morgan fingerprint density at radius 3 is 1.14 bits per heavy atom. The van der Waals surface area contributed by atoms with Crippen LogP contribution < -0.4 is 21.3 Å². The van der Waals surface area contributed by atoms with Gasteiger partial charge in [0, 0.05) is 84.3 Å². The van der Waals surface area contributed by atoms with Crippen LogP contribution in [0.5, 0.6) is 0 Å². The minimum absolute atomic E-state index is 0.00315. The van der Waals surface area contributed by atoms with Crippen LogP contribution in [0.2, 0.25) is 0 Å². The molecule has 0 bridgehead atoms. The summed E-state index contributed by atoms with van der Waals surface area (Å²) in [5.74, 6) is 12.5. The van der Waals surface area contributed by atoms with Crippen molar-refractivity contribution in [2.24, 2.45) is 0 Å². The predicted octanol–water partition coefficient (Wildman–Crippen LogP) is 20.5. The lowest BCUT2D eigenvalue weighted by atomic mass is 10.1. The molecule has 598 valence electrons. The van der Waals surface area contributed by atoms with Crippen LogP contribution >= 0.6 is 11.3 Å². The molecule has 5 aromatic carbocycles. The summed E-state index contributed by atoms with van der Waals surface area (Å²) in [6.45, 7) is 31.7. The van der Waals surface area contributed by atoms with Gasteiger partial charge in [0.25, 0.3) is 0 Å². The lowest BCUT2D eigenvalue weighted by Crippen LogP contribution is -2.07. The topological polar surface area (TPSA) is 340 Å². The van der Waals surface area contributed by atoms with Gasteiger partial charge in [-0.25, -0.2) is 44.7 Å². The van der Waals surface area contributed by atoms with Gasteiger partial charge in [-0.2, -0.15) is 0 Å². The number of carbonyl (C=O) groups is 4. The summed E-state index contributed by atoms with van der Waals surface area (Å²) in [4.78, 5) is 82.3. The smallest absolute Gasteiger partial charge is 0.335 e. The molecule has 0 aliphatic carbocycles. The zero-order valence-corrected chi connectivity index (χ0v) is 68.4. The van der Waals surface area contributed by atoms with Crippen molar-refractivity contribution in [3.63, 3.8) is 0 Å². The van der Waals surface area contributed by atoms with Crippen molar-refractivity contribution in [1.29, 1.82) is 0 Å². The van der Waals surface area contributed by atoms with Crippen molar-refractivity contribution in [2.75, 3.05) is 21.3 Å². The van der Waals surface area contributed by atoms with Crippen LogP contribution in [0.1, 0.15) is 145 Å². The van der Waals surface area contributed by atoms with Crippen molar-refractivity contribution < 1.29 is 52.9 Å². The molecule has 8 aromatic heterocycles. The van der Waals surface area contributed by atoms with Crippen molar-refractivity contribution in [2.45, 2.75) is 141 Å². The number of furan rings is 3. The number of carboxylic acids is 4. The number of rotatable bonds is 27. The Morgan fingerprint density at radius 1 is 0.402 bits per heavy atom. The molecule has 0 radical (unpaired) electrons. The first kappa shape index (κ1) is 85.5. The summed E-state index contributed by atoms with van der Waals surface area (Å²) in [5, 5.41) is 51.2. The van der Waals surface area contributed by atoms with Crippen LogP contribution in [0.25, 0.3) is 45.5 Å². The van der Waals surface area contributed by atoms with Gasteiger partial charge < -0.3 is 54.9 Å². The zero-order chi connectivity index (χ0) is 84.0. The van der Waals surface area contributed by atoms with E-state index < -0.39 is 23.9 Å². The fourth-order valence-corrected chi connectivity index (χ4v) is 13.1. The second-order valence-corrected chi connectivity index (χ2v) is 28.4. The molecule has 0 saturated heterocycles. The Labute approximate surface area is 684 Å². The van der Waals surface area contributed by atoms with E-state index in [1.165, 1.54) is 0 Å². The fourth-order valence-electron chi connectivity index (χ4n) is 12.4. The quantitative estimate of drug-likeness (QED) is 0.0175. The van der Waals surface area contributed by atoms with Crippen LogP contribution in [0.3, 0.4) is 0 Å². The van der Waals surface area contributed by atoms with Gasteiger partial charge in [-0.1, -0.05) is 106 Å². The molecule has 0 atom stereocenters. The number of carboxylic acid groups (broad SMARTS) is 4. The van der Waals surface area contributed by atoms with Gasteiger partial charge in [0.05, 0.1) is 29.7 Å². The highest BCUT2D eigenvalue weighted by Crippen LogP contribution is 2.35. The van der Waals surface area contributed by atoms with Crippen molar-refractivity contribution in [1.82, 2.24) is 39.9 Å². The average molecular weight is 1590 g/mol. The molecule has 13 rings (SSSR count). The molecule has 23 nitrogen and oxygen atoms in total. The molecule has 24 heteroatoms. The molecule has 13 aromatic rings. The first-order valence-corrected chi connectivity index (χ1v) is 39.1. The highest BCUT2D eigenvalue weighted by molar-refractivity contribution is 7.13. The van der Waals surface area contributed by atoms with E-state index >= 15 is 0 Å². The standard InChI is InChI=1S/C27H21N3O2S.C23H25N3O3.C22H25N3O3.C21H23N3O3/c1-3-7-23-18(2)28-26(30-25(23)29-22-14-12-21(13-15-22)27(31)32)24-16-20(17-33-24)11-10-19-8-5-4-6-9-19;1-5-7-18-19(6-2)25-23(20-12-14(3)15(4)29-20)26-22(18)24-17-10-8-16(9-11-17)13-21(27)28;1-5-17-18(6-2)24-22(19-11-13(3)14(4)28-19)25-21(17)23-16-9-7-15(8-10-16)12-20(26)27;1-5-17-13(3)22-21(18-10-12(2)14(4)27-18)24-20(17)23-16-8-6-15(7-9-16)11-19(25)26/h3-6,8-9,12-17H,1,7H2,2H3,(H,31,32)(H,28,29,30);5,8-12H,1,6-7,13H2,2-4H3,(H,27,28)(H,24,25,26);7-11H,5-6,12H2,1-4H3,(H,26,27)(H,23,24,25);6-10H,5,11H2,1-4H3,(H,25,26)(H,22,23,24). The number of anilines is 8. The van der Waals surface area contributed by atoms with E-state index in [9.17, 15) is 19.2 Å². The summed E-state index contributed by atoms with van der Waals surface area (Å²) in [6, 6.07) is 46.2. The SMILES string of the molecule is C=CCc1c(C)nc(-c2cc(C#Cc3ccccc3)cs2)nc1Nc1ccc(C(=O)O)cc1.C=CCc1c(CC)nc(-c2cc(C)c(C)o2)nc1Nc1ccc(CC(=O)O)cc1.CCc1c(C)nc(-c2cc(C)c(C)o2)nc1Nc1ccc(CC(=O)O)cc1.CCc1nc(-c2cc(C)c(C)o2)nc(Nc2ccc(CC(=O)O)cc2)c1CC. The van der Waals surface area contributed by atoms with E-state index in [0.29, 0.717) is 65.1 Å². The Hall–Kier alpha value is -13.9. The normalized spacial score (nSPS) is 10.6. The van der Waals surface area contributed by atoms with Crippen molar-refractivity contribution in [3.05, 3.63) is 295 Å². The number of nitrogens with zero attached hydrogens (tertiary/aromatic N) is 8. The van der Waals surface area contributed by atoms with E-state index in [2.05, 4.69) is 83.9 Å². The van der Waals surface area contributed by atoms with E-state index in [-0.39, 0.29) is 24.8 Å². The highest BCUT2D eigenvalue weighted by Gasteiger charge is 2.22. The second-order valence-electron chi connectivity index (χ2n) is 27.5. The van der Waals surface area contributed by atoms with Gasteiger partial charge in [0.15, 0.2) is 40.6 Å². The van der Waals surface area contributed by atoms with E-state index in [1.807, 2.05) is 176 Å². The Kier molecular flexibility index (Phi) is 29.4. The predicted molar refractivity (Wildman–Crippen MR) is 460 cm³/mol. The molecular formula is C93H94N12O11S. The molecule has 0 fully saturated rings. The van der Waals surface area contributed by atoms with Gasteiger partial charge in [-0.05, 0) is 224 Å². The minimum Gasteiger partial charge on any atom is -0.481 e. The summed E-state index contributed by atoms with van der Waals surface area (Å²) >= 11 is 1.55. The number of aromatic carboxylic acids is 1. The number of aromatic nitrogens is 8. The summed E-state index contributed by atoms with van der Waals surface area (Å²) in [5.41, 5.74) is 18.5. The van der Waals surface area contributed by atoms with Gasteiger partial charge in [-0.15, -0.1) is 24.5 Å². The molecule has 0 aliphatic heterocycles. The van der Waals surface area contributed by atoms with Crippen LogP contribution in [-0.2, 0) is 72.2 Å². The Morgan fingerprint density at radius 2 is 0.752 bits per heavy atom. The van der Waals surface area contributed by atoms with E-state index in [0.717, 1.165) is 172 Å². The molecule has 0 amide bonds. The number of allylic oxidation sites excluding steroid dienone is 2. The fraction of sp³-hybridized carbons (Fsp3) is 0.226. The molecule has 0 aliphatic rings. The lowest BCUT2D eigenvalue weighted by Gasteiger charge is -2.15.